The topological polar surface area (TPSA) is 20.2 Å². The molecule has 0 aliphatic heterocycles. The highest BCUT2D eigenvalue weighted by atomic mass is 16.3. The van der Waals surface area contributed by atoms with Crippen molar-refractivity contribution >= 4 is 0 Å². The Morgan fingerprint density at radius 2 is 0.957 bits per heavy atom. The van der Waals surface area contributed by atoms with Gasteiger partial charge < -0.3 is 5.11 Å². The van der Waals surface area contributed by atoms with Crippen LogP contribution in [0.25, 0.3) is 0 Å². The summed E-state index contributed by atoms with van der Waals surface area (Å²) in [5.74, 6) is 0. The second kappa shape index (κ2) is 6.80. The highest BCUT2D eigenvalue weighted by molar-refractivity contribution is 5.51. The molecule has 0 heterocycles. The molecule has 1 unspecified atom stereocenters. The molecule has 0 spiro atoms. The molecule has 3 aromatic rings. The lowest BCUT2D eigenvalue weighted by molar-refractivity contribution is 0.117. The zero-order valence-corrected chi connectivity index (χ0v) is 13.4. The summed E-state index contributed by atoms with van der Waals surface area (Å²) in [5.41, 5.74) is 2.80. The summed E-state index contributed by atoms with van der Waals surface area (Å²) < 4.78 is 0. The Balaban J connectivity index is 2.35. The molecule has 1 N–H and O–H groups in total. The van der Waals surface area contributed by atoms with Gasteiger partial charge in [0.05, 0.1) is 11.5 Å². The van der Waals surface area contributed by atoms with Crippen LogP contribution in [0.5, 0.6) is 0 Å². The lowest BCUT2D eigenvalue weighted by Gasteiger charge is -2.39. The van der Waals surface area contributed by atoms with Crippen LogP contribution < -0.4 is 0 Å². The first kappa shape index (κ1) is 15.5. The molecule has 1 heteroatoms. The van der Waals surface area contributed by atoms with Crippen molar-refractivity contribution in [1.82, 2.24) is 0 Å². The van der Waals surface area contributed by atoms with E-state index in [1.54, 1.807) is 0 Å². The predicted molar refractivity (Wildman–Crippen MR) is 95.5 cm³/mol. The summed E-state index contributed by atoms with van der Waals surface area (Å²) in [6.45, 7) is 2.04. The van der Waals surface area contributed by atoms with Crippen LogP contribution >= 0.6 is 0 Å². The van der Waals surface area contributed by atoms with E-state index in [0.29, 0.717) is 6.42 Å². The van der Waals surface area contributed by atoms with Crippen LogP contribution in [0, 0.1) is 0 Å². The number of benzene rings is 3. The van der Waals surface area contributed by atoms with Gasteiger partial charge in [-0.3, -0.25) is 0 Å². The zero-order valence-electron chi connectivity index (χ0n) is 13.4. The minimum Gasteiger partial charge on any atom is -0.392 e. The first-order valence-corrected chi connectivity index (χ1v) is 8.14. The van der Waals surface area contributed by atoms with Crippen LogP contribution in [0.3, 0.4) is 0 Å². The minimum absolute atomic E-state index is 0.505. The molecule has 116 valence electrons. The maximum Gasteiger partial charge on any atom is 0.0715 e. The molecule has 0 fully saturated rings. The van der Waals surface area contributed by atoms with Crippen LogP contribution in [0.4, 0.5) is 0 Å². The number of rotatable bonds is 5. The van der Waals surface area contributed by atoms with E-state index >= 15 is 0 Å². The molecule has 0 aliphatic carbocycles. The van der Waals surface area contributed by atoms with E-state index < -0.39 is 11.5 Å². The van der Waals surface area contributed by atoms with E-state index in [4.69, 9.17) is 0 Å². The van der Waals surface area contributed by atoms with Crippen molar-refractivity contribution in [2.75, 3.05) is 0 Å². The largest absolute Gasteiger partial charge is 0.392 e. The van der Waals surface area contributed by atoms with Crippen molar-refractivity contribution in [1.29, 1.82) is 0 Å². The van der Waals surface area contributed by atoms with Crippen LogP contribution in [0.15, 0.2) is 91.0 Å². The highest BCUT2D eigenvalue weighted by Crippen LogP contribution is 2.43. The van der Waals surface area contributed by atoms with Gasteiger partial charge in [-0.1, -0.05) is 97.9 Å². The third-order valence-electron chi connectivity index (χ3n) is 4.57. The predicted octanol–water partition coefficient (Wildman–Crippen LogP) is 4.79. The van der Waals surface area contributed by atoms with Crippen molar-refractivity contribution in [3.8, 4) is 0 Å². The fourth-order valence-electron chi connectivity index (χ4n) is 3.49. The lowest BCUT2D eigenvalue weighted by Crippen LogP contribution is -2.41. The normalized spacial score (nSPS) is 12.8. The second-order valence-electron chi connectivity index (χ2n) is 5.83. The van der Waals surface area contributed by atoms with Gasteiger partial charge in [-0.2, -0.15) is 0 Å². The van der Waals surface area contributed by atoms with Gasteiger partial charge in [0.2, 0.25) is 0 Å². The Bertz CT molecular complexity index is 623. The Labute approximate surface area is 138 Å². The van der Waals surface area contributed by atoms with Crippen LogP contribution in [0.2, 0.25) is 0 Å². The standard InChI is InChI=1S/C22H22O/c1-2-21(23)22(18-12-6-3-7-13-18,19-14-8-4-9-15-19)20-16-10-5-11-17-20/h3-17,21,23H,2H2,1H3. The molecular formula is C22H22O. The van der Waals surface area contributed by atoms with Crippen LogP contribution in [-0.4, -0.2) is 11.2 Å². The molecule has 3 aromatic carbocycles. The fourth-order valence-corrected chi connectivity index (χ4v) is 3.49. The van der Waals surface area contributed by atoms with E-state index in [9.17, 15) is 5.11 Å². The average Bonchev–Trinajstić information content (AvgIpc) is 2.65. The molecule has 0 aliphatic rings. The Kier molecular flexibility index (Phi) is 4.59. The average molecular weight is 302 g/mol. The molecule has 1 atom stereocenters. The van der Waals surface area contributed by atoms with Gasteiger partial charge >= 0.3 is 0 Å². The fraction of sp³-hybridized carbons (Fsp3) is 0.182. The molecule has 0 bridgehead atoms. The van der Waals surface area contributed by atoms with Crippen LogP contribution in [-0.2, 0) is 5.41 Å². The molecule has 1 nitrogen and oxygen atoms in total. The quantitative estimate of drug-likeness (QED) is 0.672. The highest BCUT2D eigenvalue weighted by Gasteiger charge is 2.41. The minimum atomic E-state index is -0.557. The first-order valence-electron chi connectivity index (χ1n) is 8.14. The molecule has 23 heavy (non-hydrogen) atoms. The molecule has 0 aromatic heterocycles. The number of hydrogen-bond donors (Lipinski definition) is 1. The third-order valence-corrected chi connectivity index (χ3v) is 4.57. The Morgan fingerprint density at radius 3 is 1.22 bits per heavy atom. The molecular weight excluding hydrogens is 280 g/mol. The monoisotopic (exact) mass is 302 g/mol. The van der Waals surface area contributed by atoms with Gasteiger partial charge in [0.15, 0.2) is 0 Å². The second-order valence-corrected chi connectivity index (χ2v) is 5.83. The van der Waals surface area contributed by atoms with Crippen molar-refractivity contribution in [2.24, 2.45) is 0 Å². The van der Waals surface area contributed by atoms with Crippen LogP contribution in [0.1, 0.15) is 30.0 Å². The summed E-state index contributed by atoms with van der Waals surface area (Å²) in [7, 11) is 0. The van der Waals surface area contributed by atoms with Gasteiger partial charge in [-0.05, 0) is 23.1 Å². The smallest absolute Gasteiger partial charge is 0.0715 e. The summed E-state index contributed by atoms with van der Waals surface area (Å²) in [4.78, 5) is 0. The molecule has 0 saturated carbocycles. The molecule has 0 saturated heterocycles. The Morgan fingerprint density at radius 1 is 0.652 bits per heavy atom. The number of aliphatic hydroxyl groups is 1. The van der Waals surface area contributed by atoms with E-state index in [1.807, 2.05) is 61.5 Å². The summed E-state index contributed by atoms with van der Waals surface area (Å²) in [5, 5.41) is 11.1. The van der Waals surface area contributed by atoms with Gasteiger partial charge in [0, 0.05) is 0 Å². The maximum absolute atomic E-state index is 11.1. The molecule has 0 amide bonds. The van der Waals surface area contributed by atoms with Crippen molar-refractivity contribution in [3.05, 3.63) is 108 Å². The number of aliphatic hydroxyl groups excluding tert-OH is 1. The van der Waals surface area contributed by atoms with E-state index in [-0.39, 0.29) is 0 Å². The van der Waals surface area contributed by atoms with E-state index in [2.05, 4.69) is 36.4 Å². The van der Waals surface area contributed by atoms with Gasteiger partial charge in [-0.25, -0.2) is 0 Å². The Hall–Kier alpha value is -2.38. The van der Waals surface area contributed by atoms with E-state index in [1.165, 1.54) is 0 Å². The summed E-state index contributed by atoms with van der Waals surface area (Å²) in [6, 6.07) is 30.9. The van der Waals surface area contributed by atoms with Gasteiger partial charge in [0.25, 0.3) is 0 Å². The summed E-state index contributed by atoms with van der Waals surface area (Å²) in [6.07, 6.45) is 0.174. The van der Waals surface area contributed by atoms with Crippen molar-refractivity contribution < 1.29 is 5.11 Å². The van der Waals surface area contributed by atoms with Gasteiger partial charge in [-0.15, -0.1) is 0 Å². The molecule has 0 radical (unpaired) electrons. The van der Waals surface area contributed by atoms with Gasteiger partial charge in [0.1, 0.15) is 0 Å². The SMILES string of the molecule is CCC(O)C(c1ccccc1)(c1ccccc1)c1ccccc1. The maximum atomic E-state index is 11.1. The zero-order chi connectivity index (χ0) is 16.1. The lowest BCUT2D eigenvalue weighted by atomic mass is 9.65. The first-order chi connectivity index (χ1) is 11.3. The van der Waals surface area contributed by atoms with Crippen molar-refractivity contribution in [2.45, 2.75) is 24.9 Å². The summed E-state index contributed by atoms with van der Waals surface area (Å²) >= 11 is 0. The number of hydrogen-bond acceptors (Lipinski definition) is 1. The molecule has 3 rings (SSSR count). The van der Waals surface area contributed by atoms with Crippen molar-refractivity contribution in [3.63, 3.8) is 0 Å². The van der Waals surface area contributed by atoms with E-state index in [0.717, 1.165) is 16.7 Å². The third kappa shape index (κ3) is 2.69.